The number of aliphatic hydroxyl groups is 21. The Morgan fingerprint density at radius 2 is 0.651 bits per heavy atom. The first-order valence-electron chi connectivity index (χ1n) is 43.2. The van der Waals surface area contributed by atoms with Gasteiger partial charge in [-0.05, 0) is 161 Å². The van der Waals surface area contributed by atoms with E-state index >= 15 is 0 Å². The molecular weight excluding hydrogens is 2040 g/mol. The summed E-state index contributed by atoms with van der Waals surface area (Å²) < 4.78 is 0. The Morgan fingerprint density at radius 3 is 0.732 bits per heavy atom. The van der Waals surface area contributed by atoms with Gasteiger partial charge in [-0.3, -0.25) is 67.1 Å². The predicted molar refractivity (Wildman–Crippen MR) is 509 cm³/mol. The van der Waals surface area contributed by atoms with Gasteiger partial charge < -0.3 is 238 Å². The molecule has 0 aliphatic carbocycles. The average Bonchev–Trinajstić information content (AvgIpc) is 1.71. The van der Waals surface area contributed by atoms with Gasteiger partial charge in [-0.2, -0.15) is 0 Å². The number of nitrogens with two attached hydrogens (primary N) is 4. The summed E-state index contributed by atoms with van der Waals surface area (Å²) >= 11 is 0. The molecule has 12 atom stereocenters. The summed E-state index contributed by atoms with van der Waals surface area (Å²) in [7, 11) is 0. The molecule has 0 radical (unpaired) electrons. The molecule has 10 unspecified atom stereocenters. The van der Waals surface area contributed by atoms with Crippen molar-refractivity contribution >= 4 is 119 Å². The van der Waals surface area contributed by atoms with Gasteiger partial charge in [-0.25, -0.2) is 28.8 Å². The van der Waals surface area contributed by atoms with E-state index in [9.17, 15) is 91.1 Å². The van der Waals surface area contributed by atoms with Gasteiger partial charge in [-0.15, -0.1) is 0 Å². The molecule has 0 aromatic rings. The highest BCUT2D eigenvalue weighted by Crippen LogP contribution is 2.14. The fourth-order valence-corrected chi connectivity index (χ4v) is 4.63. The van der Waals surface area contributed by atoms with E-state index in [4.69, 9.17) is 237 Å². The minimum Gasteiger partial charge on any atom is -0.481 e. The van der Waals surface area contributed by atoms with E-state index in [1.54, 1.807) is 6.92 Å². The average molecular weight is 2210 g/mol. The number of nitrogens with one attached hydrogen (secondary N) is 1. The minimum atomic E-state index is -1.58. The molecule has 1 aliphatic rings. The summed E-state index contributed by atoms with van der Waals surface area (Å²) in [5, 5.41) is 336. The highest BCUT2D eigenvalue weighted by Gasteiger charge is 2.32. The molecule has 1 rings (SSSR count). The SMILES string of the molecule is CC(C)(CO)C(=O)O.CC(C)(O)C(=O)O.CC(C)(O)CC(=O)O.CC(CO)(CO)C(=O)O.CC(N)(CO)C(=O)O.CC(O)C(=O)O.CC(O)C(N)C(=O)O.CC(O)CC(=O)O.CCC(O)C(=O)O.C[C@@H](O)C(=O)O.C[C@H](O)C(=O)O.NC(CCO)C(=O)O.NC(CO)C(=O)O.O=C(O)C1NCCC1O.O=C(O)CCCCCCO.O=C(O)CCCCCO.O=C(O)CCCCO.O=C(O)CCCO.O=C(O)CCO.O=C(O)CO. The largest absolute Gasteiger partial charge is 0.481 e. The number of carbonyl (C=O) groups is 20. The molecule has 0 aromatic carbocycles. The van der Waals surface area contributed by atoms with Gasteiger partial charge in [0.15, 0.2) is 11.7 Å². The van der Waals surface area contributed by atoms with Gasteiger partial charge in [0.2, 0.25) is 0 Å². The normalized spacial score (nSPS) is 13.4. The van der Waals surface area contributed by atoms with Crippen molar-refractivity contribution in [3.8, 4) is 0 Å². The summed E-state index contributed by atoms with van der Waals surface area (Å²) in [6.45, 7) is 16.1. The van der Waals surface area contributed by atoms with Crippen LogP contribution in [0.5, 0.6) is 0 Å². The van der Waals surface area contributed by atoms with Crippen molar-refractivity contribution in [1.82, 2.24) is 5.32 Å². The summed E-state index contributed by atoms with van der Waals surface area (Å²) in [5.41, 5.74) is 13.1. The van der Waals surface area contributed by atoms with Crippen molar-refractivity contribution in [1.29, 1.82) is 0 Å². The van der Waals surface area contributed by atoms with Crippen molar-refractivity contribution in [3.05, 3.63) is 0 Å². The second-order valence-electron chi connectivity index (χ2n) is 31.1. The van der Waals surface area contributed by atoms with Gasteiger partial charge in [0, 0.05) is 58.7 Å². The van der Waals surface area contributed by atoms with Gasteiger partial charge >= 0.3 is 119 Å². The summed E-state index contributed by atoms with van der Waals surface area (Å²) in [5.74, 6) is -20.9. The fourth-order valence-electron chi connectivity index (χ4n) is 4.63. The van der Waals surface area contributed by atoms with Crippen LogP contribution in [0, 0.1) is 10.8 Å². The van der Waals surface area contributed by atoms with Crippen LogP contribution in [0.2, 0.25) is 0 Å². The molecule has 149 heavy (non-hydrogen) atoms. The summed E-state index contributed by atoms with van der Waals surface area (Å²) in [4.78, 5) is 195. The van der Waals surface area contributed by atoms with Crippen molar-refractivity contribution in [2.24, 2.45) is 33.8 Å². The number of carboxylic acid groups (broad SMARTS) is 20. The van der Waals surface area contributed by atoms with Crippen LogP contribution in [-0.4, -0.2) is 498 Å². The Labute approximate surface area is 855 Å². The lowest BCUT2D eigenvalue weighted by molar-refractivity contribution is -0.155. The summed E-state index contributed by atoms with van der Waals surface area (Å²) in [6.07, 6.45) is 0.926. The van der Waals surface area contributed by atoms with Gasteiger partial charge in [0.25, 0.3) is 0 Å². The Morgan fingerprint density at radius 1 is 0.349 bits per heavy atom. The molecule has 50 N–H and O–H groups in total. The molecule has 892 valence electrons. The molecule has 1 aliphatic heterocycles. The van der Waals surface area contributed by atoms with Gasteiger partial charge in [-0.1, -0.05) is 26.2 Å². The quantitative estimate of drug-likeness (QED) is 0.0252. The van der Waals surface area contributed by atoms with Crippen LogP contribution < -0.4 is 28.3 Å². The zero-order valence-corrected chi connectivity index (χ0v) is 85.5. The highest BCUT2D eigenvalue weighted by molar-refractivity contribution is 5.79. The van der Waals surface area contributed by atoms with Crippen molar-refractivity contribution in [2.75, 3.05) is 85.8 Å². The van der Waals surface area contributed by atoms with Crippen LogP contribution in [0.4, 0.5) is 0 Å². The molecule has 0 amide bonds. The van der Waals surface area contributed by atoms with E-state index in [2.05, 4.69) is 5.32 Å². The van der Waals surface area contributed by atoms with Crippen LogP contribution in [0.1, 0.15) is 225 Å². The van der Waals surface area contributed by atoms with Crippen molar-refractivity contribution in [3.63, 3.8) is 0 Å². The van der Waals surface area contributed by atoms with E-state index in [-0.39, 0.29) is 104 Å². The van der Waals surface area contributed by atoms with E-state index in [0.29, 0.717) is 45.1 Å². The molecular formula is C83H169N5O61. The summed E-state index contributed by atoms with van der Waals surface area (Å²) in [6, 6.07) is -3.94. The molecule has 0 bridgehead atoms. The monoisotopic (exact) mass is 2210 g/mol. The fraction of sp³-hybridized carbons (Fsp3) is 0.759. The smallest absolute Gasteiger partial charge is 0.335 e. The number of carboxylic acids is 20. The van der Waals surface area contributed by atoms with Crippen LogP contribution in [-0.2, 0) is 95.9 Å². The molecule has 0 spiro atoms. The van der Waals surface area contributed by atoms with Gasteiger partial charge in [0.05, 0.1) is 88.2 Å². The molecule has 1 saturated heterocycles. The number of aliphatic hydroxyl groups excluding tert-OH is 19. The van der Waals surface area contributed by atoms with Crippen LogP contribution >= 0.6 is 0 Å². The molecule has 1 fully saturated rings. The Kier molecular flexibility index (Phi) is 145. The maximum absolute atomic E-state index is 10.2. The maximum Gasteiger partial charge on any atom is 0.335 e. The topological polar surface area (TPSA) is 1290 Å². The number of rotatable bonds is 46. The lowest BCUT2D eigenvalue weighted by Gasteiger charge is -2.17. The maximum atomic E-state index is 10.2. The zero-order valence-electron chi connectivity index (χ0n) is 85.5. The molecule has 66 heteroatoms. The van der Waals surface area contributed by atoms with E-state index in [1.165, 1.54) is 90.0 Å². The Balaban J connectivity index is -0.0000000704. The van der Waals surface area contributed by atoms with Crippen LogP contribution in [0.25, 0.3) is 0 Å². The zero-order chi connectivity index (χ0) is 123. The Hall–Kier alpha value is -11.6. The predicted octanol–water partition coefficient (Wildman–Crippen LogP) is -8.98. The molecule has 0 aromatic heterocycles. The van der Waals surface area contributed by atoms with Crippen molar-refractivity contribution in [2.45, 2.75) is 309 Å². The third-order valence-corrected chi connectivity index (χ3v) is 14.0. The Bertz CT molecular complexity index is 3330. The highest BCUT2D eigenvalue weighted by atomic mass is 16.5. The first kappa shape index (κ1) is 182. The number of unbranched alkanes of at least 4 members (excludes halogenated alkanes) is 6. The first-order chi connectivity index (χ1) is 67.4. The lowest BCUT2D eigenvalue weighted by atomic mass is 9.94. The molecule has 66 nitrogen and oxygen atoms in total. The standard InChI is InChI=1S/C7H14O3.C6H12O3.C5H9NO3.C5H10O4.3C5H10O3.3C4H9NO3.4C4H8O3.C3H7NO3.4C3H6O3.C2H4O3/c8-6-4-2-1-3-5-7(9)10;7-5-3-1-2-4-6(8)9;7-3-1-2-6-4(3)5(8)9;1-5(2-6,3-7)4(8)9;1-5(2,3-6)4(7)8;1-5(2,8)3-4(6)7;6-4-2-1-3-5(7)8;1-4(5,2-6)3(7)8;1-2(6)3(5)4(7)8;5-3(1-2-6)4(7)8;1-4(2,7)3(5)6;1-3(5)2-4(6)7;1-2-3(5)4(6)7;5-3-1-2-4(6)7;4-2(1-5)3(6)7;3*1-2(4)3(5)6;4-2-1-3(5)6;3-1-2(4)5/h8H,1-6H2,(H,9,10);7H,1-5H2,(H,8,9);3-4,6-7H,1-2H2,(H,8,9);6-7H,2-3H2,1H3,(H,8,9);6H,3H2,1-2H3,(H,7,8);8H,3H2,1-2H3,(H,6,7);6H,1-4H2,(H,7,8);6H,2,5H2,1H3,(H,7,8);2-3,6H,5H2,1H3,(H,7,8);3,6H,1-2,5H2,(H,7,8);7H,1-2H3,(H,5,6);2*3,5H,2H2,1H3,(H,6,7);5H,1-3H2,(H,6,7);2,5H,1,4H2,(H,6,7);3*2,4H,1H3,(H,5,6);4H,1-2H2,(H,5,6);3H,1H2,(H,4,5)/t;;;;;;;;;;;;;;;2*2-;;;/m...............10.../s1. The van der Waals surface area contributed by atoms with E-state index in [1.807, 2.05) is 0 Å². The molecule has 0 saturated carbocycles. The van der Waals surface area contributed by atoms with E-state index < -0.39 is 247 Å². The lowest BCUT2D eigenvalue weighted by Crippen LogP contribution is -2.48. The first-order valence-corrected chi connectivity index (χ1v) is 43.2. The van der Waals surface area contributed by atoms with E-state index in [0.717, 1.165) is 32.1 Å². The number of hydrogen-bond acceptors (Lipinski definition) is 46. The number of hydrogen-bond donors (Lipinski definition) is 46. The third-order valence-electron chi connectivity index (χ3n) is 14.0. The second-order valence-corrected chi connectivity index (χ2v) is 31.1. The number of aliphatic carboxylic acids is 20. The van der Waals surface area contributed by atoms with Crippen molar-refractivity contribution < 1.29 is 305 Å². The minimum absolute atomic E-state index is 0.0354. The van der Waals surface area contributed by atoms with Crippen LogP contribution in [0.3, 0.4) is 0 Å². The van der Waals surface area contributed by atoms with Gasteiger partial charge in [0.1, 0.15) is 60.0 Å². The molecule has 1 heterocycles. The van der Waals surface area contributed by atoms with Crippen LogP contribution in [0.15, 0.2) is 0 Å². The second kappa shape index (κ2) is 118. The third kappa shape index (κ3) is 192.